The summed E-state index contributed by atoms with van der Waals surface area (Å²) in [5.41, 5.74) is 2.33. The van der Waals surface area contributed by atoms with Gasteiger partial charge in [-0.3, -0.25) is 4.98 Å². The number of aromatic nitrogens is 1. The van der Waals surface area contributed by atoms with Crippen molar-refractivity contribution in [3.63, 3.8) is 0 Å². The molecule has 0 amide bonds. The van der Waals surface area contributed by atoms with Gasteiger partial charge in [-0.25, -0.2) is 0 Å². The number of ether oxygens (including phenoxy) is 1. The van der Waals surface area contributed by atoms with E-state index in [1.807, 2.05) is 6.20 Å². The number of pyridine rings is 1. The molecular formula is C15H23N3O. The normalized spacial score (nSPS) is 22.5. The number of hydrogen-bond acceptors (Lipinski definition) is 4. The van der Waals surface area contributed by atoms with Crippen LogP contribution in [0.15, 0.2) is 18.3 Å². The van der Waals surface area contributed by atoms with Gasteiger partial charge in [0.15, 0.2) is 0 Å². The second-order valence-corrected chi connectivity index (χ2v) is 6.19. The highest BCUT2D eigenvalue weighted by atomic mass is 16.5. The third kappa shape index (κ3) is 3.45. The van der Waals surface area contributed by atoms with Gasteiger partial charge >= 0.3 is 0 Å². The van der Waals surface area contributed by atoms with Crippen LogP contribution < -0.4 is 10.2 Å². The van der Waals surface area contributed by atoms with Crippen LogP contribution in [0.25, 0.3) is 0 Å². The highest BCUT2D eigenvalue weighted by molar-refractivity contribution is 5.47. The molecule has 0 spiro atoms. The zero-order valence-electron chi connectivity index (χ0n) is 11.9. The zero-order valence-corrected chi connectivity index (χ0v) is 11.9. The molecule has 0 radical (unpaired) electrons. The summed E-state index contributed by atoms with van der Waals surface area (Å²) in [4.78, 5) is 6.84. The van der Waals surface area contributed by atoms with Gasteiger partial charge in [0.25, 0.3) is 0 Å². The number of morpholine rings is 1. The molecule has 19 heavy (non-hydrogen) atoms. The molecule has 1 N–H and O–H groups in total. The van der Waals surface area contributed by atoms with Crippen molar-refractivity contribution < 1.29 is 4.74 Å². The monoisotopic (exact) mass is 261 g/mol. The highest BCUT2D eigenvalue weighted by Gasteiger charge is 2.27. The first kappa shape index (κ1) is 12.9. The third-order valence-electron chi connectivity index (χ3n) is 3.74. The Morgan fingerprint density at radius 2 is 2.32 bits per heavy atom. The minimum Gasteiger partial charge on any atom is -0.372 e. The zero-order chi connectivity index (χ0) is 13.3. The van der Waals surface area contributed by atoms with Crippen LogP contribution in [0.4, 0.5) is 5.69 Å². The molecule has 1 aliphatic carbocycles. The van der Waals surface area contributed by atoms with Gasteiger partial charge in [0.2, 0.25) is 0 Å². The van der Waals surface area contributed by atoms with Crippen LogP contribution in [0.2, 0.25) is 0 Å². The van der Waals surface area contributed by atoms with Gasteiger partial charge in [0.1, 0.15) is 0 Å². The Morgan fingerprint density at radius 1 is 1.47 bits per heavy atom. The van der Waals surface area contributed by atoms with Crippen LogP contribution in [0.1, 0.15) is 32.4 Å². The number of rotatable bonds is 4. The molecule has 1 saturated carbocycles. The van der Waals surface area contributed by atoms with E-state index in [0.29, 0.717) is 0 Å². The van der Waals surface area contributed by atoms with Crippen molar-refractivity contribution in [2.45, 2.75) is 44.9 Å². The maximum atomic E-state index is 5.76. The fraction of sp³-hybridized carbons (Fsp3) is 0.667. The van der Waals surface area contributed by atoms with E-state index in [1.54, 1.807) is 0 Å². The van der Waals surface area contributed by atoms with Crippen LogP contribution in [0.3, 0.4) is 0 Å². The van der Waals surface area contributed by atoms with Gasteiger partial charge in [-0.05, 0) is 38.8 Å². The van der Waals surface area contributed by atoms with Crippen molar-refractivity contribution in [1.82, 2.24) is 10.3 Å². The topological polar surface area (TPSA) is 37.4 Å². The number of hydrogen-bond donors (Lipinski definition) is 1. The largest absolute Gasteiger partial charge is 0.372 e. The SMILES string of the molecule is CC1(C)CN(c2ccnc(CNC3CC3)c2)CCO1. The van der Waals surface area contributed by atoms with Gasteiger partial charge in [-0.15, -0.1) is 0 Å². The third-order valence-corrected chi connectivity index (χ3v) is 3.74. The summed E-state index contributed by atoms with van der Waals surface area (Å²) in [6.45, 7) is 7.87. The first-order valence-corrected chi connectivity index (χ1v) is 7.20. The van der Waals surface area contributed by atoms with Gasteiger partial charge in [0.05, 0.1) is 17.9 Å². The Hall–Kier alpha value is -1.13. The van der Waals surface area contributed by atoms with Crippen molar-refractivity contribution in [1.29, 1.82) is 0 Å². The minimum absolute atomic E-state index is 0.0616. The van der Waals surface area contributed by atoms with Crippen molar-refractivity contribution in [2.24, 2.45) is 0 Å². The van der Waals surface area contributed by atoms with Gasteiger partial charge < -0.3 is 15.0 Å². The molecule has 0 atom stereocenters. The molecule has 104 valence electrons. The average molecular weight is 261 g/mol. The predicted molar refractivity (Wildman–Crippen MR) is 76.3 cm³/mol. The quantitative estimate of drug-likeness (QED) is 0.899. The van der Waals surface area contributed by atoms with Gasteiger partial charge in [-0.1, -0.05) is 0 Å². The second kappa shape index (κ2) is 5.10. The lowest BCUT2D eigenvalue weighted by molar-refractivity contribution is -0.0277. The van der Waals surface area contributed by atoms with E-state index in [4.69, 9.17) is 4.74 Å². The molecular weight excluding hydrogens is 238 g/mol. The summed E-state index contributed by atoms with van der Waals surface area (Å²) in [7, 11) is 0. The molecule has 0 aromatic carbocycles. The lowest BCUT2D eigenvalue weighted by atomic mass is 10.1. The van der Waals surface area contributed by atoms with E-state index < -0.39 is 0 Å². The van der Waals surface area contributed by atoms with Crippen LogP contribution in [-0.4, -0.2) is 36.3 Å². The van der Waals surface area contributed by atoms with E-state index in [1.165, 1.54) is 18.5 Å². The van der Waals surface area contributed by atoms with Crippen LogP contribution >= 0.6 is 0 Å². The molecule has 1 saturated heterocycles. The lowest BCUT2D eigenvalue weighted by Crippen LogP contribution is -2.48. The van der Waals surface area contributed by atoms with Crippen LogP contribution in [0.5, 0.6) is 0 Å². The molecule has 2 fully saturated rings. The van der Waals surface area contributed by atoms with E-state index in [-0.39, 0.29) is 5.60 Å². The first-order chi connectivity index (χ1) is 9.12. The summed E-state index contributed by atoms with van der Waals surface area (Å²) < 4.78 is 5.76. The molecule has 2 aliphatic rings. The molecule has 2 heterocycles. The Morgan fingerprint density at radius 3 is 3.05 bits per heavy atom. The number of nitrogens with one attached hydrogen (secondary N) is 1. The lowest BCUT2D eigenvalue weighted by Gasteiger charge is -2.39. The fourth-order valence-electron chi connectivity index (χ4n) is 2.53. The summed E-state index contributed by atoms with van der Waals surface area (Å²) in [6, 6.07) is 5.03. The van der Waals surface area contributed by atoms with E-state index in [0.717, 1.165) is 38.0 Å². The summed E-state index contributed by atoms with van der Waals surface area (Å²) in [5.74, 6) is 0. The molecule has 1 aromatic rings. The van der Waals surface area contributed by atoms with Crippen LogP contribution in [-0.2, 0) is 11.3 Å². The smallest absolute Gasteiger partial charge is 0.0801 e. The molecule has 1 aliphatic heterocycles. The maximum Gasteiger partial charge on any atom is 0.0801 e. The first-order valence-electron chi connectivity index (χ1n) is 7.20. The Bertz CT molecular complexity index is 443. The number of nitrogens with zero attached hydrogens (tertiary/aromatic N) is 2. The molecule has 1 aromatic heterocycles. The maximum absolute atomic E-state index is 5.76. The average Bonchev–Trinajstić information content (AvgIpc) is 3.20. The van der Waals surface area contributed by atoms with E-state index in [2.05, 4.69) is 41.2 Å². The van der Waals surface area contributed by atoms with Crippen LogP contribution in [0, 0.1) is 0 Å². The molecule has 4 nitrogen and oxygen atoms in total. The van der Waals surface area contributed by atoms with Crippen molar-refractivity contribution in [3.05, 3.63) is 24.0 Å². The van der Waals surface area contributed by atoms with E-state index in [9.17, 15) is 0 Å². The summed E-state index contributed by atoms with van der Waals surface area (Å²) in [5, 5.41) is 3.51. The minimum atomic E-state index is -0.0616. The number of anilines is 1. The van der Waals surface area contributed by atoms with Gasteiger partial charge in [-0.2, -0.15) is 0 Å². The van der Waals surface area contributed by atoms with E-state index >= 15 is 0 Å². The molecule has 4 heteroatoms. The molecule has 0 unspecified atom stereocenters. The predicted octanol–water partition coefficient (Wildman–Crippen LogP) is 1.95. The summed E-state index contributed by atoms with van der Waals surface area (Å²) >= 11 is 0. The van der Waals surface area contributed by atoms with Crippen molar-refractivity contribution in [2.75, 3.05) is 24.6 Å². The van der Waals surface area contributed by atoms with Crippen molar-refractivity contribution in [3.8, 4) is 0 Å². The standard InChI is InChI=1S/C15H23N3O/c1-15(2)11-18(7-8-19-15)14-5-6-16-13(9-14)10-17-12-3-4-12/h5-6,9,12,17H,3-4,7-8,10-11H2,1-2H3. The fourth-order valence-corrected chi connectivity index (χ4v) is 2.53. The Balaban J connectivity index is 1.67. The molecule has 0 bridgehead atoms. The second-order valence-electron chi connectivity index (χ2n) is 6.19. The Labute approximate surface area is 115 Å². The summed E-state index contributed by atoms with van der Waals surface area (Å²) in [6.07, 6.45) is 4.55. The Kier molecular flexibility index (Phi) is 3.46. The van der Waals surface area contributed by atoms with Crippen molar-refractivity contribution >= 4 is 5.69 Å². The van der Waals surface area contributed by atoms with Gasteiger partial charge in [0, 0.05) is 37.6 Å². The molecule has 3 rings (SSSR count). The highest BCUT2D eigenvalue weighted by Crippen LogP contribution is 2.24.